The first-order valence-electron chi connectivity index (χ1n) is 7.97. The van der Waals surface area contributed by atoms with Gasteiger partial charge < -0.3 is 0 Å². The lowest BCUT2D eigenvalue weighted by molar-refractivity contribution is 1.28. The van der Waals surface area contributed by atoms with Crippen LogP contribution < -0.4 is 15.9 Å². The minimum atomic E-state index is -2.06. The van der Waals surface area contributed by atoms with Gasteiger partial charge in [0.25, 0.3) is 0 Å². The van der Waals surface area contributed by atoms with Gasteiger partial charge in [-0.3, -0.25) is 4.74 Å². The average Bonchev–Trinajstić information content (AvgIpc) is 2.68. The Hall–Kier alpha value is -2.59. The van der Waals surface area contributed by atoms with Crippen molar-refractivity contribution < 1.29 is 0 Å². The van der Waals surface area contributed by atoms with E-state index in [0.29, 0.717) is 6.54 Å². The van der Waals surface area contributed by atoms with Crippen LogP contribution in [0, 0.1) is 0 Å². The van der Waals surface area contributed by atoms with E-state index in [0.717, 1.165) is 0 Å². The fraction of sp³-hybridized carbons (Fsp3) is 0.0455. The van der Waals surface area contributed by atoms with Crippen LogP contribution >= 0.6 is 7.05 Å². The Morgan fingerprint density at radius 2 is 1.08 bits per heavy atom. The van der Waals surface area contributed by atoms with Crippen LogP contribution in [0.4, 0.5) is 0 Å². The minimum Gasteiger partial charge on any atom is -0.285 e. The lowest BCUT2D eigenvalue weighted by Gasteiger charge is -2.26. The largest absolute Gasteiger partial charge is 0.285 e. The highest BCUT2D eigenvalue weighted by atomic mass is 31.2. The molecule has 0 heterocycles. The van der Waals surface area contributed by atoms with E-state index in [9.17, 15) is 0 Å². The summed E-state index contributed by atoms with van der Waals surface area (Å²) >= 11 is 0. The molecule has 0 saturated carbocycles. The Bertz CT molecular complexity index is 774. The highest BCUT2D eigenvalue weighted by Crippen LogP contribution is 2.46. The summed E-state index contributed by atoms with van der Waals surface area (Å²) in [5.74, 6) is 0. The van der Waals surface area contributed by atoms with E-state index < -0.39 is 7.05 Å². The van der Waals surface area contributed by atoms with Crippen molar-refractivity contribution in [1.29, 1.82) is 0 Å². The molecule has 3 aromatic carbocycles. The Balaban J connectivity index is 2.37. The molecule has 3 aromatic rings. The van der Waals surface area contributed by atoms with Gasteiger partial charge in [0.05, 0.1) is 13.6 Å². The van der Waals surface area contributed by atoms with Crippen molar-refractivity contribution in [2.24, 2.45) is 4.74 Å². The Morgan fingerprint density at radius 1 is 0.708 bits per heavy atom. The van der Waals surface area contributed by atoms with E-state index in [1.807, 2.05) is 6.08 Å². The average molecular weight is 329 g/mol. The summed E-state index contributed by atoms with van der Waals surface area (Å²) < 4.78 is 5.21. The van der Waals surface area contributed by atoms with E-state index in [4.69, 9.17) is 4.74 Å². The maximum atomic E-state index is 5.21. The van der Waals surface area contributed by atoms with Gasteiger partial charge in [0.2, 0.25) is 0 Å². The van der Waals surface area contributed by atoms with Crippen molar-refractivity contribution in [1.82, 2.24) is 0 Å². The van der Waals surface area contributed by atoms with Gasteiger partial charge in [-0.25, -0.2) is 0 Å². The summed E-state index contributed by atoms with van der Waals surface area (Å²) in [5, 5.41) is 3.79. The first kappa shape index (κ1) is 16.3. The van der Waals surface area contributed by atoms with Crippen molar-refractivity contribution in [3.63, 3.8) is 0 Å². The van der Waals surface area contributed by atoms with Gasteiger partial charge in [0.1, 0.15) is 0 Å². The maximum absolute atomic E-state index is 5.21. The van der Waals surface area contributed by atoms with Crippen LogP contribution in [0.25, 0.3) is 0 Å². The topological polar surface area (TPSA) is 12.4 Å². The molecule has 3 rings (SSSR count). The molecule has 0 unspecified atom stereocenters. The SMILES string of the molecule is C=C=CCN=P(c1ccccc1)(c1ccccc1)c1ccccc1. The maximum Gasteiger partial charge on any atom is 0.0640 e. The molecule has 0 fully saturated rings. The fourth-order valence-corrected chi connectivity index (χ4v) is 6.37. The number of benzene rings is 3. The zero-order chi connectivity index (χ0) is 16.7. The normalized spacial score (nSPS) is 10.7. The molecular formula is C22H20NP. The molecule has 24 heavy (non-hydrogen) atoms. The molecule has 0 spiro atoms. The van der Waals surface area contributed by atoms with Gasteiger partial charge in [-0.05, 0) is 6.08 Å². The van der Waals surface area contributed by atoms with Crippen molar-refractivity contribution in [3.8, 4) is 0 Å². The highest BCUT2D eigenvalue weighted by molar-refractivity contribution is 7.87. The summed E-state index contributed by atoms with van der Waals surface area (Å²) in [6, 6.07) is 31.8. The van der Waals surface area contributed by atoms with Gasteiger partial charge in [0.15, 0.2) is 0 Å². The zero-order valence-electron chi connectivity index (χ0n) is 13.5. The molecule has 0 aliphatic carbocycles. The van der Waals surface area contributed by atoms with Gasteiger partial charge in [-0.15, -0.1) is 5.73 Å². The van der Waals surface area contributed by atoms with E-state index >= 15 is 0 Å². The predicted molar refractivity (Wildman–Crippen MR) is 106 cm³/mol. The van der Waals surface area contributed by atoms with Crippen LogP contribution in [0.2, 0.25) is 0 Å². The molecular weight excluding hydrogens is 309 g/mol. The molecule has 0 radical (unpaired) electrons. The smallest absolute Gasteiger partial charge is 0.0640 e. The third-order valence-corrected chi connectivity index (χ3v) is 7.64. The van der Waals surface area contributed by atoms with Crippen molar-refractivity contribution in [2.45, 2.75) is 0 Å². The summed E-state index contributed by atoms with van der Waals surface area (Å²) in [4.78, 5) is 0. The predicted octanol–water partition coefficient (Wildman–Crippen LogP) is 4.51. The van der Waals surface area contributed by atoms with Crippen molar-refractivity contribution in [3.05, 3.63) is 109 Å². The van der Waals surface area contributed by atoms with Crippen LogP contribution in [0.15, 0.2) is 114 Å². The summed E-state index contributed by atoms with van der Waals surface area (Å²) in [5.41, 5.74) is 2.84. The van der Waals surface area contributed by atoms with E-state index in [1.54, 1.807) is 0 Å². The van der Waals surface area contributed by atoms with Crippen molar-refractivity contribution in [2.75, 3.05) is 6.54 Å². The first-order valence-corrected chi connectivity index (χ1v) is 9.71. The molecule has 2 heteroatoms. The van der Waals surface area contributed by atoms with Crippen LogP contribution in [0.3, 0.4) is 0 Å². The standard InChI is InChI=1S/C22H20NP/c1-2-3-19-23-24(20-13-7-4-8-14-20,21-15-9-5-10-16-21)22-17-11-6-12-18-22/h3-18H,1,19H2. The van der Waals surface area contributed by atoms with Crippen LogP contribution in [-0.2, 0) is 0 Å². The summed E-state index contributed by atoms with van der Waals surface area (Å²) in [6.07, 6.45) is 1.89. The van der Waals surface area contributed by atoms with Crippen molar-refractivity contribution >= 4 is 23.0 Å². The fourth-order valence-electron chi connectivity index (χ4n) is 2.85. The second-order valence-electron chi connectivity index (χ2n) is 5.37. The number of nitrogens with zero attached hydrogens (tertiary/aromatic N) is 1. The van der Waals surface area contributed by atoms with Gasteiger partial charge >= 0.3 is 0 Å². The molecule has 0 bridgehead atoms. The van der Waals surface area contributed by atoms with E-state index in [-0.39, 0.29) is 0 Å². The Kier molecular flexibility index (Phi) is 5.29. The Labute approximate surface area is 144 Å². The third kappa shape index (κ3) is 3.19. The third-order valence-electron chi connectivity index (χ3n) is 3.92. The molecule has 0 aliphatic heterocycles. The number of rotatable bonds is 5. The van der Waals surface area contributed by atoms with Crippen LogP contribution in [0.5, 0.6) is 0 Å². The number of hydrogen-bond acceptors (Lipinski definition) is 1. The molecule has 0 aliphatic rings. The zero-order valence-corrected chi connectivity index (χ0v) is 14.4. The second-order valence-corrected chi connectivity index (χ2v) is 8.48. The lowest BCUT2D eigenvalue weighted by atomic mass is 10.4. The second kappa shape index (κ2) is 7.79. The highest BCUT2D eigenvalue weighted by Gasteiger charge is 2.26. The van der Waals surface area contributed by atoms with E-state index in [1.165, 1.54) is 15.9 Å². The first-order chi connectivity index (χ1) is 11.9. The quantitative estimate of drug-likeness (QED) is 0.482. The molecule has 1 nitrogen and oxygen atoms in total. The molecule has 118 valence electrons. The van der Waals surface area contributed by atoms with Crippen LogP contribution in [-0.4, -0.2) is 6.54 Å². The minimum absolute atomic E-state index is 0.607. The van der Waals surface area contributed by atoms with Crippen LogP contribution in [0.1, 0.15) is 0 Å². The molecule has 0 atom stereocenters. The summed E-state index contributed by atoms with van der Waals surface area (Å²) in [6.45, 7) is 4.28. The molecule has 0 aromatic heterocycles. The lowest BCUT2D eigenvalue weighted by Crippen LogP contribution is -2.25. The van der Waals surface area contributed by atoms with Gasteiger partial charge in [-0.1, -0.05) is 97.6 Å². The monoisotopic (exact) mass is 329 g/mol. The van der Waals surface area contributed by atoms with E-state index in [2.05, 4.69) is 103 Å². The summed E-state index contributed by atoms with van der Waals surface area (Å²) in [7, 11) is -2.06. The molecule has 0 amide bonds. The Morgan fingerprint density at radius 3 is 1.42 bits per heavy atom. The number of hydrogen-bond donors (Lipinski definition) is 0. The van der Waals surface area contributed by atoms with Gasteiger partial charge in [-0.2, -0.15) is 0 Å². The molecule has 0 N–H and O–H groups in total. The van der Waals surface area contributed by atoms with Gasteiger partial charge in [0, 0.05) is 15.9 Å². The molecule has 0 saturated heterocycles.